The number of para-hydroxylation sites is 1. The molecule has 0 aliphatic heterocycles. The number of ether oxygens (including phenoxy) is 1. The predicted molar refractivity (Wildman–Crippen MR) is 107 cm³/mol. The number of benzene rings is 1. The van der Waals surface area contributed by atoms with E-state index in [0.717, 1.165) is 16.8 Å². The second-order valence-corrected chi connectivity index (χ2v) is 6.69. The number of amides is 1. The highest BCUT2D eigenvalue weighted by molar-refractivity contribution is 7.08. The SMILES string of the molecule is COc1ccccc1-c1cc(C(=O)NCc2nccnc2-c2ccsc2)[nH]n1. The number of hydrogen-bond donors (Lipinski definition) is 2. The number of nitrogens with zero attached hydrogens (tertiary/aromatic N) is 3. The van der Waals surface area contributed by atoms with E-state index in [2.05, 4.69) is 25.5 Å². The minimum Gasteiger partial charge on any atom is -0.496 e. The molecule has 8 heteroatoms. The molecule has 3 aromatic heterocycles. The average molecular weight is 391 g/mol. The molecular formula is C20H17N5O2S. The van der Waals surface area contributed by atoms with Crippen LogP contribution in [-0.2, 0) is 6.54 Å². The van der Waals surface area contributed by atoms with Crippen molar-refractivity contribution in [3.63, 3.8) is 0 Å². The molecule has 2 N–H and O–H groups in total. The van der Waals surface area contributed by atoms with Crippen molar-refractivity contribution in [3.05, 3.63) is 70.9 Å². The third-order valence-corrected chi connectivity index (χ3v) is 4.87. The highest BCUT2D eigenvalue weighted by atomic mass is 32.1. The van der Waals surface area contributed by atoms with Crippen LogP contribution >= 0.6 is 11.3 Å². The molecule has 7 nitrogen and oxygen atoms in total. The fourth-order valence-electron chi connectivity index (χ4n) is 2.83. The van der Waals surface area contributed by atoms with Crippen molar-refractivity contribution in [1.82, 2.24) is 25.5 Å². The molecule has 0 unspecified atom stereocenters. The third-order valence-electron chi connectivity index (χ3n) is 4.19. The van der Waals surface area contributed by atoms with Crippen LogP contribution in [0, 0.1) is 0 Å². The molecule has 0 saturated heterocycles. The van der Waals surface area contributed by atoms with Crippen LogP contribution in [0.2, 0.25) is 0 Å². The quantitative estimate of drug-likeness (QED) is 0.524. The number of rotatable bonds is 6. The van der Waals surface area contributed by atoms with E-state index in [1.54, 1.807) is 36.9 Å². The zero-order chi connectivity index (χ0) is 19.3. The van der Waals surface area contributed by atoms with E-state index in [0.29, 0.717) is 22.8 Å². The van der Waals surface area contributed by atoms with Gasteiger partial charge in [-0.15, -0.1) is 0 Å². The number of carbonyl (C=O) groups excluding carboxylic acids is 1. The minimum atomic E-state index is -0.268. The Labute approximate surface area is 165 Å². The van der Waals surface area contributed by atoms with Crippen LogP contribution in [0.15, 0.2) is 59.6 Å². The molecule has 0 fully saturated rings. The van der Waals surface area contributed by atoms with Gasteiger partial charge in [-0.2, -0.15) is 16.4 Å². The number of hydrogen-bond acceptors (Lipinski definition) is 6. The Bertz CT molecular complexity index is 1090. The zero-order valence-corrected chi connectivity index (χ0v) is 15.9. The maximum Gasteiger partial charge on any atom is 0.269 e. The van der Waals surface area contributed by atoms with Crippen LogP contribution in [0.4, 0.5) is 0 Å². The van der Waals surface area contributed by atoms with Crippen molar-refractivity contribution in [1.29, 1.82) is 0 Å². The molecule has 0 radical (unpaired) electrons. The van der Waals surface area contributed by atoms with Gasteiger partial charge in [-0.05, 0) is 29.6 Å². The zero-order valence-electron chi connectivity index (χ0n) is 15.0. The van der Waals surface area contributed by atoms with Gasteiger partial charge in [0.05, 0.1) is 30.7 Å². The normalized spacial score (nSPS) is 10.6. The fraction of sp³-hybridized carbons (Fsp3) is 0.100. The lowest BCUT2D eigenvalue weighted by atomic mass is 10.1. The molecule has 0 spiro atoms. The van der Waals surface area contributed by atoms with E-state index in [-0.39, 0.29) is 12.5 Å². The minimum absolute atomic E-state index is 0.265. The standard InChI is InChI=1S/C20H17N5O2S/c1-27-18-5-3-2-4-14(18)15-10-16(25-24-15)20(26)23-11-17-19(22-8-7-21-17)13-6-9-28-12-13/h2-10,12H,11H2,1H3,(H,23,26)(H,24,25). The van der Waals surface area contributed by atoms with Gasteiger partial charge in [-0.3, -0.25) is 19.9 Å². The summed E-state index contributed by atoms with van der Waals surface area (Å²) >= 11 is 1.59. The first kappa shape index (κ1) is 17.9. The van der Waals surface area contributed by atoms with Gasteiger partial charge in [0.15, 0.2) is 0 Å². The van der Waals surface area contributed by atoms with Crippen LogP contribution in [0.5, 0.6) is 5.75 Å². The molecule has 1 aromatic carbocycles. The number of nitrogens with one attached hydrogen (secondary N) is 2. The van der Waals surface area contributed by atoms with Gasteiger partial charge in [0.25, 0.3) is 5.91 Å². The average Bonchev–Trinajstić information content (AvgIpc) is 3.44. The third kappa shape index (κ3) is 3.63. The lowest BCUT2D eigenvalue weighted by Crippen LogP contribution is -2.24. The van der Waals surface area contributed by atoms with Crippen LogP contribution in [0.1, 0.15) is 16.2 Å². The van der Waals surface area contributed by atoms with Crippen molar-refractivity contribution in [2.24, 2.45) is 0 Å². The van der Waals surface area contributed by atoms with Crippen molar-refractivity contribution >= 4 is 17.2 Å². The summed E-state index contributed by atoms with van der Waals surface area (Å²) in [7, 11) is 1.60. The van der Waals surface area contributed by atoms with Crippen molar-refractivity contribution in [2.75, 3.05) is 7.11 Å². The maximum absolute atomic E-state index is 12.6. The van der Waals surface area contributed by atoms with Crippen molar-refractivity contribution in [3.8, 4) is 28.3 Å². The lowest BCUT2D eigenvalue weighted by molar-refractivity contribution is 0.0945. The van der Waals surface area contributed by atoms with E-state index < -0.39 is 0 Å². The number of aromatic amines is 1. The van der Waals surface area contributed by atoms with Gasteiger partial charge < -0.3 is 10.1 Å². The summed E-state index contributed by atoms with van der Waals surface area (Å²) in [5, 5.41) is 13.9. The van der Waals surface area contributed by atoms with Gasteiger partial charge in [0, 0.05) is 28.9 Å². The molecule has 0 saturated carbocycles. The topological polar surface area (TPSA) is 92.8 Å². The Morgan fingerprint density at radius 2 is 2.07 bits per heavy atom. The smallest absolute Gasteiger partial charge is 0.269 e. The predicted octanol–water partition coefficient (Wildman–Crippen LogP) is 3.53. The lowest BCUT2D eigenvalue weighted by Gasteiger charge is -2.07. The second kappa shape index (κ2) is 8.01. The van der Waals surface area contributed by atoms with E-state index in [4.69, 9.17) is 4.74 Å². The van der Waals surface area contributed by atoms with Gasteiger partial charge in [-0.25, -0.2) is 0 Å². The van der Waals surface area contributed by atoms with Crippen LogP contribution in [-0.4, -0.2) is 33.2 Å². The van der Waals surface area contributed by atoms with Crippen LogP contribution < -0.4 is 10.1 Å². The van der Waals surface area contributed by atoms with Gasteiger partial charge in [-0.1, -0.05) is 12.1 Å². The number of aromatic nitrogens is 4. The summed E-state index contributed by atoms with van der Waals surface area (Å²) in [5.74, 6) is 0.427. The molecule has 4 rings (SSSR count). The molecule has 0 aliphatic carbocycles. The highest BCUT2D eigenvalue weighted by Gasteiger charge is 2.15. The van der Waals surface area contributed by atoms with Gasteiger partial charge >= 0.3 is 0 Å². The number of thiophene rings is 1. The Kier molecular flexibility index (Phi) is 5.11. The second-order valence-electron chi connectivity index (χ2n) is 5.91. The first-order valence-electron chi connectivity index (χ1n) is 8.55. The summed E-state index contributed by atoms with van der Waals surface area (Å²) in [6.07, 6.45) is 3.26. The first-order chi connectivity index (χ1) is 13.8. The molecule has 0 atom stereocenters. The molecule has 1 amide bonds. The summed E-state index contributed by atoms with van der Waals surface area (Å²) in [6, 6.07) is 11.2. The first-order valence-corrected chi connectivity index (χ1v) is 9.50. The summed E-state index contributed by atoms with van der Waals surface area (Å²) < 4.78 is 5.35. The van der Waals surface area contributed by atoms with Crippen molar-refractivity contribution < 1.29 is 9.53 Å². The monoisotopic (exact) mass is 391 g/mol. The van der Waals surface area contributed by atoms with Gasteiger partial charge in [0.2, 0.25) is 0 Å². The largest absolute Gasteiger partial charge is 0.496 e. The summed E-state index contributed by atoms with van der Waals surface area (Å²) in [5.41, 5.74) is 4.28. The highest BCUT2D eigenvalue weighted by Crippen LogP contribution is 2.28. The van der Waals surface area contributed by atoms with Crippen LogP contribution in [0.3, 0.4) is 0 Å². The Balaban J connectivity index is 1.50. The van der Waals surface area contributed by atoms with E-state index in [1.807, 2.05) is 41.1 Å². The van der Waals surface area contributed by atoms with E-state index in [1.165, 1.54) is 0 Å². The maximum atomic E-state index is 12.6. The fourth-order valence-corrected chi connectivity index (χ4v) is 3.47. The molecular weight excluding hydrogens is 374 g/mol. The molecule has 0 bridgehead atoms. The molecule has 3 heterocycles. The Hall–Kier alpha value is -3.52. The molecule has 140 valence electrons. The van der Waals surface area contributed by atoms with Gasteiger partial charge in [0.1, 0.15) is 11.4 Å². The molecule has 28 heavy (non-hydrogen) atoms. The van der Waals surface area contributed by atoms with E-state index >= 15 is 0 Å². The van der Waals surface area contributed by atoms with E-state index in [9.17, 15) is 4.79 Å². The number of H-pyrrole nitrogens is 1. The Morgan fingerprint density at radius 3 is 2.89 bits per heavy atom. The number of carbonyl (C=O) groups is 1. The van der Waals surface area contributed by atoms with Crippen LogP contribution in [0.25, 0.3) is 22.5 Å². The Morgan fingerprint density at radius 1 is 1.21 bits per heavy atom. The molecule has 4 aromatic rings. The summed E-state index contributed by atoms with van der Waals surface area (Å²) in [4.78, 5) is 21.3. The summed E-state index contributed by atoms with van der Waals surface area (Å²) in [6.45, 7) is 0.265. The number of methoxy groups -OCH3 is 1. The van der Waals surface area contributed by atoms with Crippen molar-refractivity contribution in [2.45, 2.75) is 6.54 Å². The molecule has 0 aliphatic rings.